The van der Waals surface area contributed by atoms with Crippen LogP contribution in [0, 0.1) is 0 Å². The monoisotopic (exact) mass is 351 g/mol. The fourth-order valence-electron chi connectivity index (χ4n) is 2.59. The van der Waals surface area contributed by atoms with Gasteiger partial charge in [-0.15, -0.1) is 0 Å². The number of aryl methyl sites for hydroxylation is 1. The lowest BCUT2D eigenvalue weighted by atomic mass is 10.1. The second-order valence-electron chi connectivity index (χ2n) is 6.03. The zero-order chi connectivity index (χ0) is 18.5. The van der Waals surface area contributed by atoms with Gasteiger partial charge in [-0.25, -0.2) is 14.3 Å². The van der Waals surface area contributed by atoms with Gasteiger partial charge in [-0.3, -0.25) is 4.98 Å². The Labute approximate surface area is 151 Å². The zero-order valence-electron chi connectivity index (χ0n) is 14.8. The first-order chi connectivity index (χ1) is 12.5. The number of rotatable bonds is 1. The van der Waals surface area contributed by atoms with Crippen LogP contribution in [0.15, 0.2) is 59.4 Å². The van der Waals surface area contributed by atoms with Crippen molar-refractivity contribution in [1.82, 2.24) is 19.7 Å². The number of anilines is 1. The van der Waals surface area contributed by atoms with Crippen LogP contribution in [0.5, 0.6) is 0 Å². The smallest absolute Gasteiger partial charge is 0.327 e. The van der Waals surface area contributed by atoms with E-state index >= 15 is 0 Å². The average Bonchev–Trinajstić information content (AvgIpc) is 2.92. The normalized spacial score (nSPS) is 13.2. The molecule has 1 aliphatic rings. The molecule has 2 heterocycles. The minimum absolute atomic E-state index is 0.0232. The molecule has 2 aromatic carbocycles. The van der Waals surface area contributed by atoms with E-state index in [0.29, 0.717) is 5.82 Å². The molecule has 0 saturated carbocycles. The molecule has 0 fully saturated rings. The molecule has 0 aliphatic carbocycles. The largest absolute Gasteiger partial charge is 0.343 e. The molecule has 0 radical (unpaired) electrons. The SMILES string of the molecule is CN1CCc2ccccc2NC1=O.Cn1nc(-c2ccccc2)[nH]c1=O. The summed E-state index contributed by atoms with van der Waals surface area (Å²) in [4.78, 5) is 26.8. The molecular weight excluding hydrogens is 330 g/mol. The number of carbonyl (C=O) groups is 1. The van der Waals surface area contributed by atoms with Crippen molar-refractivity contribution in [3.8, 4) is 11.4 Å². The zero-order valence-corrected chi connectivity index (χ0v) is 14.8. The van der Waals surface area contributed by atoms with Crippen LogP contribution in [0.4, 0.5) is 10.5 Å². The number of H-pyrrole nitrogens is 1. The predicted octanol–water partition coefficient (Wildman–Crippen LogP) is 2.48. The molecule has 3 aromatic rings. The van der Waals surface area contributed by atoms with Gasteiger partial charge in [0.15, 0.2) is 5.82 Å². The first-order valence-corrected chi connectivity index (χ1v) is 8.33. The summed E-state index contributed by atoms with van der Waals surface area (Å²) in [6, 6.07) is 17.4. The van der Waals surface area contributed by atoms with Crippen molar-refractivity contribution in [2.75, 3.05) is 18.9 Å². The minimum Gasteiger partial charge on any atom is -0.327 e. The highest BCUT2D eigenvalue weighted by atomic mass is 16.2. The lowest BCUT2D eigenvalue weighted by molar-refractivity contribution is 0.224. The van der Waals surface area contributed by atoms with Gasteiger partial charge in [0.1, 0.15) is 0 Å². The van der Waals surface area contributed by atoms with Gasteiger partial charge in [0.05, 0.1) is 0 Å². The maximum atomic E-state index is 11.4. The Morgan fingerprint density at radius 1 is 0.962 bits per heavy atom. The van der Waals surface area contributed by atoms with Crippen LogP contribution >= 0.6 is 0 Å². The highest BCUT2D eigenvalue weighted by Crippen LogP contribution is 2.18. The van der Waals surface area contributed by atoms with Crippen LogP contribution in [0.3, 0.4) is 0 Å². The second-order valence-corrected chi connectivity index (χ2v) is 6.03. The van der Waals surface area contributed by atoms with Crippen LogP contribution < -0.4 is 11.0 Å². The molecular formula is C19H21N5O2. The van der Waals surface area contributed by atoms with Gasteiger partial charge in [0.25, 0.3) is 0 Å². The number of para-hydroxylation sites is 1. The van der Waals surface area contributed by atoms with Crippen molar-refractivity contribution in [2.24, 2.45) is 7.05 Å². The number of amides is 2. The third-order valence-electron chi connectivity index (χ3n) is 4.14. The third-order valence-corrected chi connectivity index (χ3v) is 4.14. The standard InChI is InChI=1S/C10H12N2O.C9H9N3O/c1-12-7-6-8-4-2-3-5-9(8)11-10(12)13;1-12-9(13)10-8(11-12)7-5-3-2-4-6-7/h2-5H,6-7H2,1H3,(H,11,13);2-6H,1H3,(H,10,11,13). The molecule has 1 aromatic heterocycles. The number of hydrogen-bond donors (Lipinski definition) is 2. The number of carbonyl (C=O) groups excluding carboxylic acids is 1. The fraction of sp³-hybridized carbons (Fsp3) is 0.211. The Bertz CT molecular complexity index is 946. The summed E-state index contributed by atoms with van der Waals surface area (Å²) in [6.07, 6.45) is 0.922. The van der Waals surface area contributed by atoms with E-state index in [9.17, 15) is 9.59 Å². The molecule has 0 unspecified atom stereocenters. The summed E-state index contributed by atoms with van der Waals surface area (Å²) in [5.74, 6) is 0.605. The first kappa shape index (κ1) is 17.5. The Morgan fingerprint density at radius 2 is 1.65 bits per heavy atom. The molecule has 2 amide bonds. The molecule has 4 rings (SSSR count). The summed E-state index contributed by atoms with van der Waals surface area (Å²) in [6.45, 7) is 0.781. The molecule has 0 bridgehead atoms. The van der Waals surface area contributed by atoms with Crippen molar-refractivity contribution in [2.45, 2.75) is 6.42 Å². The van der Waals surface area contributed by atoms with Gasteiger partial charge in [-0.2, -0.15) is 5.10 Å². The van der Waals surface area contributed by atoms with E-state index in [4.69, 9.17) is 0 Å². The van der Waals surface area contributed by atoms with Gasteiger partial charge < -0.3 is 10.2 Å². The average molecular weight is 351 g/mol. The van der Waals surface area contributed by atoms with Crippen LogP contribution in [-0.2, 0) is 13.5 Å². The predicted molar refractivity (Wildman–Crippen MR) is 101 cm³/mol. The summed E-state index contributed by atoms with van der Waals surface area (Å²) in [7, 11) is 3.42. The number of benzene rings is 2. The molecule has 0 spiro atoms. The molecule has 1 aliphatic heterocycles. The Morgan fingerprint density at radius 3 is 2.35 bits per heavy atom. The summed E-state index contributed by atoms with van der Waals surface area (Å²) in [5.41, 5.74) is 2.87. The molecule has 2 N–H and O–H groups in total. The van der Waals surface area contributed by atoms with E-state index in [1.807, 2.05) is 48.5 Å². The Kier molecular flexibility index (Phi) is 5.17. The lowest BCUT2D eigenvalue weighted by Crippen LogP contribution is -2.30. The van der Waals surface area contributed by atoms with E-state index in [1.54, 1.807) is 19.0 Å². The van der Waals surface area contributed by atoms with Crippen molar-refractivity contribution in [3.63, 3.8) is 0 Å². The van der Waals surface area contributed by atoms with E-state index in [-0.39, 0.29) is 11.7 Å². The molecule has 134 valence electrons. The quantitative estimate of drug-likeness (QED) is 0.706. The van der Waals surface area contributed by atoms with Gasteiger partial charge in [0.2, 0.25) is 0 Å². The number of aromatic amines is 1. The lowest BCUT2D eigenvalue weighted by Gasteiger charge is -2.12. The van der Waals surface area contributed by atoms with Crippen molar-refractivity contribution in [1.29, 1.82) is 0 Å². The summed E-state index contributed by atoms with van der Waals surface area (Å²) < 4.78 is 1.28. The molecule has 0 atom stereocenters. The van der Waals surface area contributed by atoms with Gasteiger partial charge in [0, 0.05) is 31.9 Å². The topological polar surface area (TPSA) is 83.0 Å². The van der Waals surface area contributed by atoms with E-state index in [2.05, 4.69) is 21.5 Å². The van der Waals surface area contributed by atoms with Crippen LogP contribution in [0.25, 0.3) is 11.4 Å². The molecule has 0 saturated heterocycles. The minimum atomic E-state index is -0.196. The first-order valence-electron chi connectivity index (χ1n) is 8.33. The van der Waals surface area contributed by atoms with Gasteiger partial charge >= 0.3 is 11.7 Å². The number of nitrogens with zero attached hydrogens (tertiary/aromatic N) is 3. The van der Waals surface area contributed by atoms with Crippen LogP contribution in [0.2, 0.25) is 0 Å². The second kappa shape index (κ2) is 7.69. The number of fused-ring (bicyclic) bond motifs is 1. The maximum Gasteiger partial charge on any atom is 0.343 e. The Hall–Kier alpha value is -3.35. The van der Waals surface area contributed by atoms with Crippen LogP contribution in [0.1, 0.15) is 5.56 Å². The number of hydrogen-bond acceptors (Lipinski definition) is 3. The van der Waals surface area contributed by atoms with E-state index in [1.165, 1.54) is 10.2 Å². The molecule has 7 heteroatoms. The maximum absolute atomic E-state index is 11.4. The van der Waals surface area contributed by atoms with Crippen LogP contribution in [-0.4, -0.2) is 39.3 Å². The van der Waals surface area contributed by atoms with Gasteiger partial charge in [-0.05, 0) is 18.1 Å². The number of aromatic nitrogens is 3. The highest BCUT2D eigenvalue weighted by molar-refractivity contribution is 5.90. The molecule has 26 heavy (non-hydrogen) atoms. The fourth-order valence-corrected chi connectivity index (χ4v) is 2.59. The Balaban J connectivity index is 0.000000151. The number of nitrogens with one attached hydrogen (secondary N) is 2. The van der Waals surface area contributed by atoms with Crippen molar-refractivity contribution >= 4 is 11.7 Å². The summed E-state index contributed by atoms with van der Waals surface area (Å²) in [5, 5.41) is 6.89. The summed E-state index contributed by atoms with van der Waals surface area (Å²) >= 11 is 0. The van der Waals surface area contributed by atoms with Crippen molar-refractivity contribution < 1.29 is 4.79 Å². The third kappa shape index (κ3) is 4.00. The number of urea groups is 1. The van der Waals surface area contributed by atoms with Gasteiger partial charge in [-0.1, -0.05) is 48.5 Å². The number of likely N-dealkylation sites (N-methyl/N-ethyl adjacent to an activating group) is 1. The highest BCUT2D eigenvalue weighted by Gasteiger charge is 2.15. The van der Waals surface area contributed by atoms with E-state index in [0.717, 1.165) is 24.2 Å². The van der Waals surface area contributed by atoms with Crippen molar-refractivity contribution in [3.05, 3.63) is 70.6 Å². The van der Waals surface area contributed by atoms with E-state index < -0.39 is 0 Å². The molecule has 7 nitrogen and oxygen atoms in total.